The molecular weight excluding hydrogens is 470 g/mol. The fourth-order valence-corrected chi connectivity index (χ4v) is 3.30. The Labute approximate surface area is 208 Å². The van der Waals surface area contributed by atoms with Gasteiger partial charge in [0.1, 0.15) is 5.60 Å². The zero-order chi connectivity index (χ0) is 25.6. The Morgan fingerprint density at radius 1 is 0.943 bits per heavy atom. The molecule has 3 rings (SSSR count). The third kappa shape index (κ3) is 7.55. The molecule has 3 aromatic rings. The number of carbonyl (C=O) groups is 3. The Kier molecular flexibility index (Phi) is 8.09. The SMILES string of the molecule is COc1ccc(-c2cccc(C(=O)CC(=O)Nc3cc(Cl)ccc3NC(=O)OC(C)(C)C)c2)cn1. The first-order chi connectivity index (χ1) is 16.5. The number of aromatic nitrogens is 1. The normalized spacial score (nSPS) is 10.9. The molecule has 2 amide bonds. The van der Waals surface area contributed by atoms with Crippen LogP contribution in [0.5, 0.6) is 5.88 Å². The van der Waals surface area contributed by atoms with Crippen molar-refractivity contribution in [1.82, 2.24) is 4.98 Å². The van der Waals surface area contributed by atoms with Crippen LogP contribution in [0.25, 0.3) is 11.1 Å². The predicted molar refractivity (Wildman–Crippen MR) is 135 cm³/mol. The number of methoxy groups -OCH3 is 1. The zero-order valence-electron chi connectivity index (χ0n) is 19.8. The summed E-state index contributed by atoms with van der Waals surface area (Å²) in [7, 11) is 1.53. The topological polar surface area (TPSA) is 107 Å². The number of nitrogens with zero attached hydrogens (tertiary/aromatic N) is 1. The van der Waals surface area contributed by atoms with Crippen LogP contribution in [0.3, 0.4) is 0 Å². The molecular formula is C26H26ClN3O5. The Hall–Kier alpha value is -3.91. The molecule has 0 aliphatic heterocycles. The number of hydrogen-bond donors (Lipinski definition) is 2. The lowest BCUT2D eigenvalue weighted by atomic mass is 10.0. The minimum atomic E-state index is -0.692. The molecule has 0 aliphatic rings. The quantitative estimate of drug-likeness (QED) is 0.309. The third-order valence-corrected chi connectivity index (χ3v) is 4.91. The minimum absolute atomic E-state index is 0.249. The van der Waals surface area contributed by atoms with E-state index in [0.29, 0.717) is 22.2 Å². The van der Waals surface area contributed by atoms with Crippen molar-refractivity contribution < 1.29 is 23.9 Å². The van der Waals surface area contributed by atoms with E-state index < -0.39 is 24.0 Å². The molecule has 0 unspecified atom stereocenters. The van der Waals surface area contributed by atoms with Crippen LogP contribution in [-0.2, 0) is 9.53 Å². The van der Waals surface area contributed by atoms with E-state index >= 15 is 0 Å². The largest absolute Gasteiger partial charge is 0.481 e. The number of nitrogens with one attached hydrogen (secondary N) is 2. The molecule has 35 heavy (non-hydrogen) atoms. The number of Topliss-reactive ketones (excluding diaryl/α,β-unsaturated/α-hetero) is 1. The molecule has 0 saturated heterocycles. The number of carbonyl (C=O) groups excluding carboxylic acids is 3. The summed E-state index contributed by atoms with van der Waals surface area (Å²) in [6.07, 6.45) is 0.562. The Morgan fingerprint density at radius 3 is 2.37 bits per heavy atom. The van der Waals surface area contributed by atoms with Gasteiger partial charge in [0.2, 0.25) is 11.8 Å². The van der Waals surface area contributed by atoms with E-state index in [1.54, 1.807) is 57.3 Å². The highest BCUT2D eigenvalue weighted by molar-refractivity contribution is 6.31. The van der Waals surface area contributed by atoms with Gasteiger partial charge in [-0.3, -0.25) is 14.9 Å². The van der Waals surface area contributed by atoms with Gasteiger partial charge in [0, 0.05) is 28.4 Å². The molecule has 2 aromatic carbocycles. The molecule has 1 aromatic heterocycles. The van der Waals surface area contributed by atoms with E-state index in [9.17, 15) is 14.4 Å². The van der Waals surface area contributed by atoms with E-state index in [1.165, 1.54) is 19.2 Å². The maximum Gasteiger partial charge on any atom is 0.412 e. The van der Waals surface area contributed by atoms with Crippen LogP contribution in [0.15, 0.2) is 60.8 Å². The van der Waals surface area contributed by atoms with E-state index in [1.807, 2.05) is 12.1 Å². The third-order valence-electron chi connectivity index (χ3n) is 4.68. The average Bonchev–Trinajstić information content (AvgIpc) is 2.79. The summed E-state index contributed by atoms with van der Waals surface area (Å²) >= 11 is 6.06. The Morgan fingerprint density at radius 2 is 1.71 bits per heavy atom. The van der Waals surface area contributed by atoms with Crippen LogP contribution in [-0.4, -0.2) is 35.5 Å². The fourth-order valence-electron chi connectivity index (χ4n) is 3.13. The van der Waals surface area contributed by atoms with Gasteiger partial charge in [0.05, 0.1) is 24.9 Å². The standard InChI is InChI=1S/C26H26ClN3O5/c1-26(2,3)35-25(33)30-20-10-9-19(27)13-21(20)29-23(32)14-22(31)17-7-5-6-16(12-17)18-8-11-24(34-4)28-15-18/h5-13,15H,14H2,1-4H3,(H,29,32)(H,30,33). The van der Waals surface area contributed by atoms with Gasteiger partial charge >= 0.3 is 6.09 Å². The number of pyridine rings is 1. The van der Waals surface area contributed by atoms with Crippen LogP contribution < -0.4 is 15.4 Å². The second kappa shape index (κ2) is 11.0. The van der Waals surface area contributed by atoms with E-state index in [2.05, 4.69) is 15.6 Å². The Balaban J connectivity index is 1.70. The molecule has 8 nitrogen and oxygen atoms in total. The highest BCUT2D eigenvalue weighted by Gasteiger charge is 2.19. The molecule has 182 valence electrons. The van der Waals surface area contributed by atoms with Gasteiger partial charge in [-0.1, -0.05) is 29.8 Å². The molecule has 1 heterocycles. The molecule has 0 fully saturated rings. The van der Waals surface area contributed by atoms with Crippen molar-refractivity contribution in [2.24, 2.45) is 0 Å². The summed E-state index contributed by atoms with van der Waals surface area (Å²) < 4.78 is 10.3. The summed E-state index contributed by atoms with van der Waals surface area (Å²) in [5.74, 6) is -0.435. The number of amides is 2. The van der Waals surface area contributed by atoms with Crippen molar-refractivity contribution in [3.05, 3.63) is 71.4 Å². The van der Waals surface area contributed by atoms with Crippen molar-refractivity contribution in [3.8, 4) is 17.0 Å². The first kappa shape index (κ1) is 25.7. The lowest BCUT2D eigenvalue weighted by molar-refractivity contribution is -0.115. The predicted octanol–water partition coefficient (Wildman–Crippen LogP) is 5.97. The zero-order valence-corrected chi connectivity index (χ0v) is 20.6. The molecule has 0 bridgehead atoms. The van der Waals surface area contributed by atoms with Crippen LogP contribution in [0, 0.1) is 0 Å². The number of hydrogen-bond acceptors (Lipinski definition) is 6. The summed E-state index contributed by atoms with van der Waals surface area (Å²) in [5, 5.41) is 5.57. The van der Waals surface area contributed by atoms with Crippen molar-refractivity contribution in [2.75, 3.05) is 17.7 Å². The fraction of sp³-hybridized carbons (Fsp3) is 0.231. The summed E-state index contributed by atoms with van der Waals surface area (Å²) in [4.78, 5) is 41.8. The number of rotatable bonds is 7. The average molecular weight is 496 g/mol. The van der Waals surface area contributed by atoms with E-state index in [0.717, 1.165) is 11.1 Å². The van der Waals surface area contributed by atoms with Gasteiger partial charge in [-0.05, 0) is 56.7 Å². The first-order valence-electron chi connectivity index (χ1n) is 10.8. The first-order valence-corrected chi connectivity index (χ1v) is 11.1. The molecule has 0 aliphatic carbocycles. The van der Waals surface area contributed by atoms with Gasteiger partial charge in [-0.25, -0.2) is 9.78 Å². The Bertz CT molecular complexity index is 1240. The highest BCUT2D eigenvalue weighted by Crippen LogP contribution is 2.27. The smallest absolute Gasteiger partial charge is 0.412 e. The monoisotopic (exact) mass is 495 g/mol. The van der Waals surface area contributed by atoms with Gasteiger partial charge in [-0.2, -0.15) is 0 Å². The molecule has 0 saturated carbocycles. The van der Waals surface area contributed by atoms with Crippen molar-refractivity contribution in [3.63, 3.8) is 0 Å². The van der Waals surface area contributed by atoms with Crippen LogP contribution in [0.1, 0.15) is 37.6 Å². The van der Waals surface area contributed by atoms with Crippen molar-refractivity contribution in [2.45, 2.75) is 32.8 Å². The maximum atomic E-state index is 12.8. The van der Waals surface area contributed by atoms with Crippen LogP contribution in [0.2, 0.25) is 5.02 Å². The minimum Gasteiger partial charge on any atom is -0.481 e. The molecule has 9 heteroatoms. The van der Waals surface area contributed by atoms with Crippen molar-refractivity contribution >= 4 is 40.8 Å². The van der Waals surface area contributed by atoms with E-state index in [-0.39, 0.29) is 11.5 Å². The number of benzene rings is 2. The summed E-state index contributed by atoms with van der Waals surface area (Å²) in [5.41, 5.74) is 1.82. The van der Waals surface area contributed by atoms with Gasteiger partial charge < -0.3 is 14.8 Å². The highest BCUT2D eigenvalue weighted by atomic mass is 35.5. The second-order valence-electron chi connectivity index (χ2n) is 8.63. The van der Waals surface area contributed by atoms with Gasteiger partial charge in [0.15, 0.2) is 5.78 Å². The molecule has 2 N–H and O–H groups in total. The van der Waals surface area contributed by atoms with Crippen molar-refractivity contribution in [1.29, 1.82) is 0 Å². The number of ketones is 1. The molecule has 0 radical (unpaired) electrons. The van der Waals surface area contributed by atoms with E-state index in [4.69, 9.17) is 21.1 Å². The number of anilines is 2. The summed E-state index contributed by atoms with van der Waals surface area (Å²) in [6, 6.07) is 15.1. The number of halogens is 1. The molecule has 0 atom stereocenters. The summed E-state index contributed by atoms with van der Waals surface area (Å²) in [6.45, 7) is 5.22. The number of ether oxygens (including phenoxy) is 2. The van der Waals surface area contributed by atoms with Crippen LogP contribution >= 0.6 is 11.6 Å². The molecule has 0 spiro atoms. The lowest BCUT2D eigenvalue weighted by Crippen LogP contribution is -2.27. The lowest BCUT2D eigenvalue weighted by Gasteiger charge is -2.20. The van der Waals surface area contributed by atoms with Crippen LogP contribution in [0.4, 0.5) is 16.2 Å². The second-order valence-corrected chi connectivity index (χ2v) is 9.07. The maximum absolute atomic E-state index is 12.8. The van der Waals surface area contributed by atoms with Gasteiger partial charge in [-0.15, -0.1) is 0 Å². The van der Waals surface area contributed by atoms with Gasteiger partial charge in [0.25, 0.3) is 0 Å².